The van der Waals surface area contributed by atoms with E-state index in [-0.39, 0.29) is 29.7 Å². The van der Waals surface area contributed by atoms with Crippen molar-refractivity contribution in [3.05, 3.63) is 22.2 Å². The molecule has 0 fully saturated rings. The summed E-state index contributed by atoms with van der Waals surface area (Å²) in [6.45, 7) is 0.316. The van der Waals surface area contributed by atoms with Crippen molar-refractivity contribution in [1.29, 1.82) is 0 Å². The van der Waals surface area contributed by atoms with Gasteiger partial charge in [-0.3, -0.25) is 14.9 Å². The molecule has 1 aromatic heterocycles. The summed E-state index contributed by atoms with van der Waals surface area (Å²) in [5.74, 6) is 0.208. The number of anilines is 2. The van der Waals surface area contributed by atoms with Crippen LogP contribution in [0.2, 0.25) is 0 Å². The molecule has 1 heterocycles. The maximum Gasteiger partial charge on any atom is 0.311 e. The molecule has 8 nitrogen and oxygen atoms in total. The summed E-state index contributed by atoms with van der Waals surface area (Å²) in [5.41, 5.74) is 5.37. The van der Waals surface area contributed by atoms with Crippen LogP contribution < -0.4 is 16.0 Å². The molecule has 0 aliphatic rings. The standard InChI is InChI=1S/C10H15N5O3/c1-12-9(16)5-6-14(2)10-7(15(17)18)3-4-8(11)13-10/h3-4H,5-6H2,1-2H3,(H2,11,13)(H,12,16). The highest BCUT2D eigenvalue weighted by Gasteiger charge is 2.19. The Labute approximate surface area is 104 Å². The average molecular weight is 253 g/mol. The monoisotopic (exact) mass is 253 g/mol. The van der Waals surface area contributed by atoms with Crippen LogP contribution in [-0.4, -0.2) is 36.5 Å². The smallest absolute Gasteiger partial charge is 0.311 e. The first-order valence-corrected chi connectivity index (χ1v) is 5.28. The number of nitrogen functional groups attached to an aromatic ring is 1. The maximum atomic E-state index is 11.1. The molecule has 3 N–H and O–H groups in total. The van der Waals surface area contributed by atoms with Crippen LogP contribution in [0.5, 0.6) is 0 Å². The number of aromatic nitrogens is 1. The van der Waals surface area contributed by atoms with Gasteiger partial charge < -0.3 is 16.0 Å². The number of pyridine rings is 1. The summed E-state index contributed by atoms with van der Waals surface area (Å²) in [7, 11) is 3.15. The lowest BCUT2D eigenvalue weighted by Crippen LogP contribution is -2.27. The van der Waals surface area contributed by atoms with Crippen molar-refractivity contribution in [3.8, 4) is 0 Å². The number of carbonyl (C=O) groups excluding carboxylic acids is 1. The molecule has 18 heavy (non-hydrogen) atoms. The minimum absolute atomic E-state index is 0.136. The highest BCUT2D eigenvalue weighted by Crippen LogP contribution is 2.25. The Morgan fingerprint density at radius 3 is 2.83 bits per heavy atom. The van der Waals surface area contributed by atoms with E-state index in [4.69, 9.17) is 5.73 Å². The third-order valence-corrected chi connectivity index (χ3v) is 2.39. The Morgan fingerprint density at radius 1 is 1.61 bits per heavy atom. The number of nitrogens with zero attached hydrogens (tertiary/aromatic N) is 3. The Hall–Kier alpha value is -2.38. The zero-order valence-corrected chi connectivity index (χ0v) is 10.2. The number of hydrogen-bond acceptors (Lipinski definition) is 6. The Balaban J connectivity index is 2.89. The third-order valence-electron chi connectivity index (χ3n) is 2.39. The second-order valence-electron chi connectivity index (χ2n) is 3.68. The molecular weight excluding hydrogens is 238 g/mol. The zero-order chi connectivity index (χ0) is 13.7. The number of amides is 1. The molecule has 8 heteroatoms. The van der Waals surface area contributed by atoms with Gasteiger partial charge in [0.15, 0.2) is 0 Å². The van der Waals surface area contributed by atoms with Gasteiger partial charge in [0.2, 0.25) is 11.7 Å². The Morgan fingerprint density at radius 2 is 2.28 bits per heavy atom. The molecule has 0 atom stereocenters. The fourth-order valence-electron chi connectivity index (χ4n) is 1.38. The van der Waals surface area contributed by atoms with Gasteiger partial charge in [-0.15, -0.1) is 0 Å². The van der Waals surface area contributed by atoms with Crippen LogP contribution in [0.3, 0.4) is 0 Å². The van der Waals surface area contributed by atoms with E-state index in [1.54, 1.807) is 7.05 Å². The van der Waals surface area contributed by atoms with Crippen molar-refractivity contribution in [2.45, 2.75) is 6.42 Å². The first kappa shape index (κ1) is 13.7. The fraction of sp³-hybridized carbons (Fsp3) is 0.400. The Bertz CT molecular complexity index is 463. The summed E-state index contributed by atoms with van der Waals surface area (Å²) in [5, 5.41) is 13.3. The second kappa shape index (κ2) is 5.80. The van der Waals surface area contributed by atoms with Gasteiger partial charge in [-0.1, -0.05) is 0 Å². The van der Waals surface area contributed by atoms with E-state index in [9.17, 15) is 14.9 Å². The number of nitrogens with one attached hydrogen (secondary N) is 1. The fourth-order valence-corrected chi connectivity index (χ4v) is 1.38. The molecule has 0 aromatic carbocycles. The van der Waals surface area contributed by atoms with Crippen molar-refractivity contribution in [3.63, 3.8) is 0 Å². The minimum atomic E-state index is -0.530. The summed E-state index contributed by atoms with van der Waals surface area (Å²) in [6.07, 6.45) is 0.223. The van der Waals surface area contributed by atoms with E-state index in [1.807, 2.05) is 0 Å². The molecule has 0 aliphatic heterocycles. The molecule has 98 valence electrons. The zero-order valence-electron chi connectivity index (χ0n) is 10.2. The molecule has 1 rings (SSSR count). The molecule has 1 amide bonds. The normalized spacial score (nSPS) is 9.89. The van der Waals surface area contributed by atoms with Gasteiger partial charge in [-0.2, -0.15) is 0 Å². The first-order chi connectivity index (χ1) is 8.45. The van der Waals surface area contributed by atoms with Gasteiger partial charge in [0.05, 0.1) is 4.92 Å². The average Bonchev–Trinajstić information content (AvgIpc) is 2.34. The predicted molar refractivity (Wildman–Crippen MR) is 67.3 cm³/mol. The highest BCUT2D eigenvalue weighted by atomic mass is 16.6. The van der Waals surface area contributed by atoms with E-state index in [0.717, 1.165) is 0 Å². The molecule has 0 aliphatic carbocycles. The molecule has 0 saturated heterocycles. The van der Waals surface area contributed by atoms with Gasteiger partial charge >= 0.3 is 5.69 Å². The molecular formula is C10H15N5O3. The van der Waals surface area contributed by atoms with E-state index in [2.05, 4.69) is 10.3 Å². The van der Waals surface area contributed by atoms with Crippen LogP contribution in [0.4, 0.5) is 17.3 Å². The molecule has 0 bridgehead atoms. The van der Waals surface area contributed by atoms with Crippen molar-refractivity contribution < 1.29 is 9.72 Å². The molecule has 0 radical (unpaired) electrons. The van der Waals surface area contributed by atoms with Crippen molar-refractivity contribution in [2.24, 2.45) is 0 Å². The number of nitrogens with two attached hydrogens (primary N) is 1. The second-order valence-corrected chi connectivity index (χ2v) is 3.68. The van der Waals surface area contributed by atoms with Crippen molar-refractivity contribution in [2.75, 3.05) is 31.3 Å². The lowest BCUT2D eigenvalue weighted by atomic mass is 10.3. The summed E-state index contributed by atoms with van der Waals surface area (Å²) in [4.78, 5) is 26.9. The van der Waals surface area contributed by atoms with Crippen LogP contribution in [0, 0.1) is 10.1 Å². The summed E-state index contributed by atoms with van der Waals surface area (Å²) < 4.78 is 0. The van der Waals surface area contributed by atoms with Crippen LogP contribution in [0.1, 0.15) is 6.42 Å². The molecule has 0 spiro atoms. The summed E-state index contributed by atoms with van der Waals surface area (Å²) >= 11 is 0. The first-order valence-electron chi connectivity index (χ1n) is 5.28. The predicted octanol–water partition coefficient (Wildman–Crippen LogP) is 0.144. The van der Waals surface area contributed by atoms with E-state index >= 15 is 0 Å². The van der Waals surface area contributed by atoms with Gasteiger partial charge in [0.1, 0.15) is 5.82 Å². The number of hydrogen-bond donors (Lipinski definition) is 2. The lowest BCUT2D eigenvalue weighted by Gasteiger charge is -2.17. The lowest BCUT2D eigenvalue weighted by molar-refractivity contribution is -0.384. The van der Waals surface area contributed by atoms with E-state index in [1.165, 1.54) is 24.1 Å². The maximum absolute atomic E-state index is 11.1. The Kier molecular flexibility index (Phi) is 4.41. The van der Waals surface area contributed by atoms with Crippen LogP contribution in [0.15, 0.2) is 12.1 Å². The van der Waals surface area contributed by atoms with Crippen LogP contribution in [0.25, 0.3) is 0 Å². The van der Waals surface area contributed by atoms with E-state index < -0.39 is 4.92 Å². The number of nitro groups is 1. The van der Waals surface area contributed by atoms with Crippen molar-refractivity contribution >= 4 is 23.2 Å². The van der Waals surface area contributed by atoms with E-state index in [0.29, 0.717) is 6.54 Å². The quantitative estimate of drug-likeness (QED) is 0.570. The topological polar surface area (TPSA) is 114 Å². The number of rotatable bonds is 5. The van der Waals surface area contributed by atoms with Gasteiger partial charge in [0.25, 0.3) is 0 Å². The number of carbonyl (C=O) groups is 1. The minimum Gasteiger partial charge on any atom is -0.384 e. The molecule has 1 aromatic rings. The highest BCUT2D eigenvalue weighted by molar-refractivity contribution is 5.76. The van der Waals surface area contributed by atoms with Crippen LogP contribution >= 0.6 is 0 Å². The molecule has 0 unspecified atom stereocenters. The van der Waals surface area contributed by atoms with Crippen LogP contribution in [-0.2, 0) is 4.79 Å². The van der Waals surface area contributed by atoms with Gasteiger partial charge in [0, 0.05) is 33.1 Å². The van der Waals surface area contributed by atoms with Crippen molar-refractivity contribution in [1.82, 2.24) is 10.3 Å². The largest absolute Gasteiger partial charge is 0.384 e. The van der Waals surface area contributed by atoms with Gasteiger partial charge in [-0.05, 0) is 6.07 Å². The van der Waals surface area contributed by atoms with Gasteiger partial charge in [-0.25, -0.2) is 4.98 Å². The molecule has 0 saturated carbocycles. The third kappa shape index (κ3) is 3.30. The summed E-state index contributed by atoms with van der Waals surface area (Å²) in [6, 6.07) is 2.67. The SMILES string of the molecule is CNC(=O)CCN(C)c1nc(N)ccc1[N+](=O)[O-].